The predicted octanol–water partition coefficient (Wildman–Crippen LogP) is -2.12. The van der Waals surface area contributed by atoms with E-state index in [1.165, 1.54) is 38.2 Å². The number of likely N-dealkylation sites (N-methyl/N-ethyl adjacent to an activating group) is 1. The first kappa shape index (κ1) is 42.8. The van der Waals surface area contributed by atoms with E-state index in [4.69, 9.17) is 30.4 Å². The first-order valence-corrected chi connectivity index (χ1v) is 20.1. The molecule has 0 bridgehead atoms. The highest BCUT2D eigenvalue weighted by molar-refractivity contribution is 7.90. The van der Waals surface area contributed by atoms with Gasteiger partial charge in [-0.2, -0.15) is 0 Å². The number of nitrogens with two attached hydrogens (primary N) is 2. The van der Waals surface area contributed by atoms with Crippen LogP contribution in [0.15, 0.2) is 58.3 Å². The van der Waals surface area contributed by atoms with Crippen LogP contribution >= 0.6 is 0 Å². The Morgan fingerprint density at radius 3 is 1.95 bits per heavy atom. The molecule has 2 heterocycles. The summed E-state index contributed by atoms with van der Waals surface area (Å²) in [6, 6.07) is 5.17. The molecule has 2 aliphatic heterocycles. The van der Waals surface area contributed by atoms with Gasteiger partial charge in [0.05, 0.1) is 34.6 Å². The van der Waals surface area contributed by atoms with E-state index >= 15 is 0 Å². The van der Waals surface area contributed by atoms with Gasteiger partial charge in [-0.15, -0.1) is 0 Å². The molecule has 55 heavy (non-hydrogen) atoms. The summed E-state index contributed by atoms with van der Waals surface area (Å²) >= 11 is 0. The van der Waals surface area contributed by atoms with Gasteiger partial charge in [0.1, 0.15) is 30.0 Å². The highest BCUT2D eigenvalue weighted by Gasteiger charge is 2.51. The number of nitrogens with zero attached hydrogens (tertiary/aromatic N) is 2. The molecule has 3 fully saturated rings. The zero-order valence-electron chi connectivity index (χ0n) is 29.6. The molecule has 5 rings (SSSR count). The maximum atomic E-state index is 13.6. The number of ether oxygens (including phenoxy) is 4. The number of sulfonamides is 2. The van der Waals surface area contributed by atoms with Crippen LogP contribution in [0.5, 0.6) is 0 Å². The Balaban J connectivity index is 1.39. The van der Waals surface area contributed by atoms with Crippen LogP contribution < -0.4 is 26.2 Å². The third-order valence-electron chi connectivity index (χ3n) is 9.75. The zero-order chi connectivity index (χ0) is 40.5. The van der Waals surface area contributed by atoms with Crippen molar-refractivity contribution in [3.63, 3.8) is 0 Å². The first-order valence-electron chi connectivity index (χ1n) is 17.1. The number of para-hydroxylation sites is 2. The van der Waals surface area contributed by atoms with E-state index in [2.05, 4.69) is 14.8 Å². The molecular formula is C31H45N7O15S2. The number of hydrogen-bond acceptors (Lipinski definition) is 18. The molecule has 3 aliphatic rings. The molecular weight excluding hydrogens is 775 g/mol. The molecule has 2 aromatic carbocycles. The van der Waals surface area contributed by atoms with Gasteiger partial charge in [0.2, 0.25) is 20.0 Å². The molecule has 306 valence electrons. The summed E-state index contributed by atoms with van der Waals surface area (Å²) in [6.45, 7) is 0.741. The van der Waals surface area contributed by atoms with Gasteiger partial charge in [-0.05, 0) is 45.4 Å². The van der Waals surface area contributed by atoms with Gasteiger partial charge < -0.3 is 51.1 Å². The Bertz CT molecular complexity index is 1920. The van der Waals surface area contributed by atoms with E-state index in [1.54, 1.807) is 0 Å². The minimum atomic E-state index is -4.64. The molecule has 12 atom stereocenters. The van der Waals surface area contributed by atoms with Crippen molar-refractivity contribution in [2.75, 3.05) is 20.2 Å². The second-order valence-corrected chi connectivity index (χ2v) is 17.2. The quantitative estimate of drug-likeness (QED) is 0.0746. The van der Waals surface area contributed by atoms with Crippen LogP contribution in [-0.2, 0) is 39.0 Å². The van der Waals surface area contributed by atoms with E-state index in [9.17, 15) is 52.4 Å². The number of nitro groups is 2. The Morgan fingerprint density at radius 2 is 1.40 bits per heavy atom. The number of aliphatic hydroxyl groups is 3. The van der Waals surface area contributed by atoms with Crippen molar-refractivity contribution in [2.24, 2.45) is 11.5 Å². The van der Waals surface area contributed by atoms with Crippen LogP contribution in [0.1, 0.15) is 26.2 Å². The van der Waals surface area contributed by atoms with Crippen LogP contribution in [0.3, 0.4) is 0 Å². The molecule has 2 aromatic rings. The number of rotatable bonds is 14. The molecule has 0 spiro atoms. The van der Waals surface area contributed by atoms with Gasteiger partial charge in [-0.25, -0.2) is 26.3 Å². The fourth-order valence-electron chi connectivity index (χ4n) is 6.97. The van der Waals surface area contributed by atoms with E-state index < -0.39 is 130 Å². The van der Waals surface area contributed by atoms with Crippen LogP contribution in [-0.4, -0.2) is 135 Å². The summed E-state index contributed by atoms with van der Waals surface area (Å²) in [4.78, 5) is 20.2. The summed E-state index contributed by atoms with van der Waals surface area (Å²) in [5, 5.41) is 59.1. The number of aliphatic hydroxyl groups excluding tert-OH is 2. The normalized spacial score (nSPS) is 34.6. The van der Waals surface area contributed by atoms with Crippen molar-refractivity contribution < 1.29 is 60.9 Å². The zero-order valence-corrected chi connectivity index (χ0v) is 31.2. The number of nitrogens with one attached hydrogen (secondary N) is 3. The number of nitro benzene ring substituents is 2. The second kappa shape index (κ2) is 17.0. The Morgan fingerprint density at radius 1 is 0.873 bits per heavy atom. The fourth-order valence-corrected chi connectivity index (χ4v) is 9.64. The fraction of sp³-hybridized carbons (Fsp3) is 0.613. The van der Waals surface area contributed by atoms with Gasteiger partial charge in [0, 0.05) is 30.8 Å². The largest absolute Gasteiger partial charge is 0.388 e. The molecule has 1 aliphatic carbocycles. The third-order valence-corrected chi connectivity index (χ3v) is 12.8. The molecule has 0 amide bonds. The first-order chi connectivity index (χ1) is 25.8. The Hall–Kier alpha value is -3.34. The average Bonchev–Trinajstić information content (AvgIpc) is 3.12. The lowest BCUT2D eigenvalue weighted by molar-refractivity contribution is -0.388. The monoisotopic (exact) mass is 819 g/mol. The van der Waals surface area contributed by atoms with Gasteiger partial charge >= 0.3 is 0 Å². The number of hydrogen-bond donors (Lipinski definition) is 8. The van der Waals surface area contributed by atoms with E-state index in [-0.39, 0.29) is 25.9 Å². The van der Waals surface area contributed by atoms with Crippen LogP contribution in [0, 0.1) is 20.2 Å². The summed E-state index contributed by atoms with van der Waals surface area (Å²) in [5.74, 6) is 0. The van der Waals surface area contributed by atoms with Crippen molar-refractivity contribution in [1.82, 2.24) is 14.8 Å². The highest BCUT2D eigenvalue weighted by Crippen LogP contribution is 2.33. The van der Waals surface area contributed by atoms with Crippen molar-refractivity contribution >= 4 is 31.4 Å². The van der Waals surface area contributed by atoms with E-state index in [0.29, 0.717) is 0 Å². The molecule has 0 radical (unpaired) electrons. The lowest BCUT2D eigenvalue weighted by Crippen LogP contribution is -2.68. The minimum absolute atomic E-state index is 0.00741. The van der Waals surface area contributed by atoms with Crippen LogP contribution in [0.4, 0.5) is 11.4 Å². The standard InChI is InChI=1S/C31H45N7O15S2/c1-31(41)15-50-30(25(40)28(31)34-2)53-27-18(33)13-17(32)26(24(27)39)52-29-19(36-55(48,49)23-10-6-4-8-21(23)38(44)45)12-11-16(51-29)14-35-54(46,47)22-9-5-3-7-20(22)37(42)43/h3-10,16-19,24-30,34-36,39-41H,11-15,32-33H2,1-2H3/t16-,17-,18+,19+,24-,25+,26+,27-,28+,29+,30+,31-/m0/s1. The summed E-state index contributed by atoms with van der Waals surface area (Å²) in [7, 11) is -7.58. The third kappa shape index (κ3) is 9.45. The second-order valence-electron chi connectivity index (χ2n) is 13.8. The van der Waals surface area contributed by atoms with Crippen molar-refractivity contribution in [3.05, 3.63) is 68.8 Å². The highest BCUT2D eigenvalue weighted by atomic mass is 32.2. The average molecular weight is 820 g/mol. The van der Waals surface area contributed by atoms with Gasteiger partial charge in [0.15, 0.2) is 22.4 Å². The van der Waals surface area contributed by atoms with E-state index in [1.807, 2.05) is 0 Å². The van der Waals surface area contributed by atoms with Crippen molar-refractivity contribution in [1.29, 1.82) is 0 Å². The maximum absolute atomic E-state index is 13.6. The van der Waals surface area contributed by atoms with Crippen molar-refractivity contribution in [3.8, 4) is 0 Å². The van der Waals surface area contributed by atoms with Crippen LogP contribution in [0.25, 0.3) is 0 Å². The lowest BCUT2D eigenvalue weighted by atomic mass is 9.84. The SMILES string of the molecule is CN[C@@H]1[C@@H](O)[C@@H](O[C@@H]2[C@@H](O)[C@H](O[C@H]3O[C@H](CNS(=O)(=O)c4ccccc4[N+](=O)[O-])CC[C@H]3NS(=O)(=O)c3ccccc3[N+](=O)[O-])[C@@H](N)C[C@H]2N)OC[C@]1(C)O. The summed E-state index contributed by atoms with van der Waals surface area (Å²) in [6.07, 6.45) is -9.90. The topological polar surface area (TPSA) is 340 Å². The molecule has 24 heteroatoms. The Labute approximate surface area is 315 Å². The summed E-state index contributed by atoms with van der Waals surface area (Å²) < 4.78 is 81.8. The summed E-state index contributed by atoms with van der Waals surface area (Å²) in [5.41, 5.74) is 9.86. The molecule has 2 saturated heterocycles. The van der Waals surface area contributed by atoms with Gasteiger partial charge in [-0.1, -0.05) is 24.3 Å². The lowest BCUT2D eigenvalue weighted by Gasteiger charge is -2.48. The number of benzene rings is 2. The van der Waals surface area contributed by atoms with Crippen molar-refractivity contribution in [2.45, 2.75) is 109 Å². The van der Waals surface area contributed by atoms with Gasteiger partial charge in [0.25, 0.3) is 11.4 Å². The Kier molecular flexibility index (Phi) is 13.2. The van der Waals surface area contributed by atoms with Crippen LogP contribution in [0.2, 0.25) is 0 Å². The molecule has 10 N–H and O–H groups in total. The van der Waals surface area contributed by atoms with Gasteiger partial charge in [-0.3, -0.25) is 20.2 Å². The predicted molar refractivity (Wildman–Crippen MR) is 189 cm³/mol. The molecule has 0 unspecified atom stereocenters. The molecule has 0 aromatic heterocycles. The van der Waals surface area contributed by atoms with E-state index in [0.717, 1.165) is 24.3 Å². The maximum Gasteiger partial charge on any atom is 0.289 e. The minimum Gasteiger partial charge on any atom is -0.388 e. The smallest absolute Gasteiger partial charge is 0.289 e. The molecule has 22 nitrogen and oxygen atoms in total. The molecule has 1 saturated carbocycles.